The van der Waals surface area contributed by atoms with E-state index >= 15 is 0 Å². The molecule has 0 radical (unpaired) electrons. The van der Waals surface area contributed by atoms with E-state index in [9.17, 15) is 9.59 Å². The molecule has 0 bridgehead atoms. The lowest BCUT2D eigenvalue weighted by atomic mass is 9.48. The zero-order chi connectivity index (χ0) is 15.6. The van der Waals surface area contributed by atoms with Crippen molar-refractivity contribution >= 4 is 23.2 Å². The van der Waals surface area contributed by atoms with Crippen molar-refractivity contribution in [2.75, 3.05) is 13.1 Å². The third kappa shape index (κ3) is 1.92. The SMILES string of the molecule is Cc1nc(C)c(C(=O)N2C[C@@H]3C(C)(C)C[C@]3(C(N)=O)C2)s1. The van der Waals surface area contributed by atoms with Crippen molar-refractivity contribution in [3.05, 3.63) is 15.6 Å². The smallest absolute Gasteiger partial charge is 0.265 e. The average molecular weight is 307 g/mol. The topological polar surface area (TPSA) is 76.3 Å². The number of rotatable bonds is 2. The van der Waals surface area contributed by atoms with E-state index in [4.69, 9.17) is 5.73 Å². The number of carbonyl (C=O) groups excluding carboxylic acids is 2. The first-order chi connectivity index (χ1) is 9.67. The number of amides is 2. The molecule has 1 saturated heterocycles. The maximum Gasteiger partial charge on any atom is 0.265 e. The number of fused-ring (bicyclic) bond motifs is 1. The summed E-state index contributed by atoms with van der Waals surface area (Å²) in [4.78, 5) is 31.4. The van der Waals surface area contributed by atoms with Gasteiger partial charge in [-0.1, -0.05) is 13.8 Å². The van der Waals surface area contributed by atoms with E-state index in [0.29, 0.717) is 18.0 Å². The van der Waals surface area contributed by atoms with E-state index in [2.05, 4.69) is 18.8 Å². The highest BCUT2D eigenvalue weighted by atomic mass is 32.1. The molecule has 6 heteroatoms. The summed E-state index contributed by atoms with van der Waals surface area (Å²) >= 11 is 1.42. The predicted octanol–water partition coefficient (Wildman–Crippen LogP) is 1.73. The van der Waals surface area contributed by atoms with Gasteiger partial charge in [-0.3, -0.25) is 9.59 Å². The molecule has 114 valence electrons. The normalized spacial score (nSPS) is 29.9. The molecule has 1 aliphatic heterocycles. The first-order valence-corrected chi connectivity index (χ1v) is 8.02. The highest BCUT2D eigenvalue weighted by Crippen LogP contribution is 2.62. The molecular weight excluding hydrogens is 286 g/mol. The fourth-order valence-electron chi connectivity index (χ4n) is 4.25. The highest BCUT2D eigenvalue weighted by molar-refractivity contribution is 7.13. The summed E-state index contributed by atoms with van der Waals surface area (Å²) < 4.78 is 0. The number of aryl methyl sites for hydroxylation is 2. The van der Waals surface area contributed by atoms with E-state index < -0.39 is 5.41 Å². The number of thiazole rings is 1. The van der Waals surface area contributed by atoms with Crippen molar-refractivity contribution < 1.29 is 9.59 Å². The number of aromatic nitrogens is 1. The van der Waals surface area contributed by atoms with Gasteiger partial charge in [-0.15, -0.1) is 11.3 Å². The minimum Gasteiger partial charge on any atom is -0.369 e. The van der Waals surface area contributed by atoms with Gasteiger partial charge in [0.2, 0.25) is 5.91 Å². The van der Waals surface area contributed by atoms with Gasteiger partial charge >= 0.3 is 0 Å². The van der Waals surface area contributed by atoms with Crippen LogP contribution in [0.5, 0.6) is 0 Å². The van der Waals surface area contributed by atoms with E-state index in [-0.39, 0.29) is 23.1 Å². The minimum atomic E-state index is -0.521. The fourth-order valence-corrected chi connectivity index (χ4v) is 5.14. The molecule has 2 atom stereocenters. The fraction of sp³-hybridized carbons (Fsp3) is 0.667. The van der Waals surface area contributed by atoms with Gasteiger partial charge in [0.15, 0.2) is 0 Å². The van der Waals surface area contributed by atoms with Gasteiger partial charge in [-0.2, -0.15) is 0 Å². The molecule has 0 spiro atoms. The van der Waals surface area contributed by atoms with E-state index in [1.54, 1.807) is 4.90 Å². The summed E-state index contributed by atoms with van der Waals surface area (Å²) in [7, 11) is 0. The Labute approximate surface area is 128 Å². The molecule has 2 heterocycles. The lowest BCUT2D eigenvalue weighted by molar-refractivity contribution is -0.148. The zero-order valence-corrected chi connectivity index (χ0v) is 13.7. The maximum atomic E-state index is 12.7. The van der Waals surface area contributed by atoms with Crippen LogP contribution in [0.4, 0.5) is 0 Å². The molecule has 1 aromatic heterocycles. The average Bonchev–Trinajstić information content (AvgIpc) is 2.87. The second kappa shape index (κ2) is 4.29. The summed E-state index contributed by atoms with van der Waals surface area (Å²) in [5, 5.41) is 0.892. The number of hydrogen-bond donors (Lipinski definition) is 1. The van der Waals surface area contributed by atoms with Crippen LogP contribution in [0.2, 0.25) is 0 Å². The molecule has 1 aliphatic carbocycles. The van der Waals surface area contributed by atoms with Gasteiger partial charge in [0, 0.05) is 13.1 Å². The van der Waals surface area contributed by atoms with Gasteiger partial charge in [0.05, 0.1) is 16.1 Å². The third-order valence-corrected chi connectivity index (χ3v) is 6.19. The Kier molecular flexibility index (Phi) is 2.96. The van der Waals surface area contributed by atoms with E-state index in [1.807, 2.05) is 13.8 Å². The second-order valence-corrected chi connectivity index (χ2v) is 8.27. The van der Waals surface area contributed by atoms with Crippen LogP contribution in [0.3, 0.4) is 0 Å². The molecule has 5 nitrogen and oxygen atoms in total. The van der Waals surface area contributed by atoms with Crippen LogP contribution < -0.4 is 5.73 Å². The summed E-state index contributed by atoms with van der Waals surface area (Å²) in [5.74, 6) is -0.107. The van der Waals surface area contributed by atoms with Crippen molar-refractivity contribution in [3.63, 3.8) is 0 Å². The molecule has 2 amide bonds. The van der Waals surface area contributed by atoms with Crippen molar-refractivity contribution in [3.8, 4) is 0 Å². The van der Waals surface area contributed by atoms with Crippen molar-refractivity contribution in [2.45, 2.75) is 34.1 Å². The summed E-state index contributed by atoms with van der Waals surface area (Å²) in [6.07, 6.45) is 0.768. The number of primary amides is 1. The molecule has 2 N–H and O–H groups in total. The third-order valence-electron chi connectivity index (χ3n) is 5.13. The summed E-state index contributed by atoms with van der Waals surface area (Å²) in [5.41, 5.74) is 5.97. The van der Waals surface area contributed by atoms with Crippen LogP contribution in [0.1, 0.15) is 40.6 Å². The zero-order valence-electron chi connectivity index (χ0n) is 12.9. The quantitative estimate of drug-likeness (QED) is 0.904. The monoisotopic (exact) mass is 307 g/mol. The molecule has 1 saturated carbocycles. The molecule has 21 heavy (non-hydrogen) atoms. The largest absolute Gasteiger partial charge is 0.369 e. The van der Waals surface area contributed by atoms with Crippen LogP contribution in [-0.4, -0.2) is 34.8 Å². The number of nitrogens with two attached hydrogens (primary N) is 1. The van der Waals surface area contributed by atoms with Gasteiger partial charge in [0.25, 0.3) is 5.91 Å². The molecular formula is C15H21N3O2S. The number of hydrogen-bond acceptors (Lipinski definition) is 4. The molecule has 2 aliphatic rings. The first-order valence-electron chi connectivity index (χ1n) is 7.20. The molecule has 1 aromatic rings. The number of nitrogens with zero attached hydrogens (tertiary/aromatic N) is 2. The van der Waals surface area contributed by atoms with Crippen LogP contribution >= 0.6 is 11.3 Å². The van der Waals surface area contributed by atoms with Gasteiger partial charge in [-0.25, -0.2) is 4.98 Å². The summed E-state index contributed by atoms with van der Waals surface area (Å²) in [6, 6.07) is 0. The predicted molar refractivity (Wildman–Crippen MR) is 81.0 cm³/mol. The van der Waals surface area contributed by atoms with Gasteiger partial charge in [-0.05, 0) is 31.6 Å². The maximum absolute atomic E-state index is 12.7. The molecule has 2 fully saturated rings. The Morgan fingerprint density at radius 3 is 2.48 bits per heavy atom. The second-order valence-electron chi connectivity index (χ2n) is 7.07. The van der Waals surface area contributed by atoms with Crippen LogP contribution in [0, 0.1) is 30.6 Å². The minimum absolute atomic E-state index is 0.0103. The Morgan fingerprint density at radius 2 is 2.05 bits per heavy atom. The molecule has 0 aromatic carbocycles. The van der Waals surface area contributed by atoms with Crippen molar-refractivity contribution in [1.29, 1.82) is 0 Å². The van der Waals surface area contributed by atoms with E-state index in [1.165, 1.54) is 11.3 Å². The summed E-state index contributed by atoms with van der Waals surface area (Å²) in [6.45, 7) is 9.12. The standard InChI is InChI=1S/C15H21N3O2S/c1-8-11(21-9(2)17-8)12(19)18-5-10-14(3,4)6-15(10,7-18)13(16)20/h10H,5-7H2,1-4H3,(H2,16,20)/t10-,15+/m1/s1. The number of likely N-dealkylation sites (tertiary alicyclic amines) is 1. The lowest BCUT2D eigenvalue weighted by Crippen LogP contribution is -2.59. The Bertz CT molecular complexity index is 637. The van der Waals surface area contributed by atoms with Gasteiger partial charge < -0.3 is 10.6 Å². The Balaban J connectivity index is 1.88. The molecule has 3 rings (SSSR count). The van der Waals surface area contributed by atoms with Gasteiger partial charge in [0.1, 0.15) is 4.88 Å². The lowest BCUT2D eigenvalue weighted by Gasteiger charge is -2.54. The van der Waals surface area contributed by atoms with Crippen LogP contribution in [0.15, 0.2) is 0 Å². The van der Waals surface area contributed by atoms with Crippen LogP contribution in [0.25, 0.3) is 0 Å². The Morgan fingerprint density at radius 1 is 1.38 bits per heavy atom. The number of carbonyl (C=O) groups is 2. The first kappa shape index (κ1) is 14.5. The molecule has 0 unspecified atom stereocenters. The van der Waals surface area contributed by atoms with Crippen LogP contribution in [-0.2, 0) is 4.79 Å². The highest BCUT2D eigenvalue weighted by Gasteiger charge is 2.66. The van der Waals surface area contributed by atoms with Crippen molar-refractivity contribution in [1.82, 2.24) is 9.88 Å². The van der Waals surface area contributed by atoms with Crippen molar-refractivity contribution in [2.24, 2.45) is 22.5 Å². The van der Waals surface area contributed by atoms with E-state index in [0.717, 1.165) is 17.1 Å². The Hall–Kier alpha value is -1.43.